The summed E-state index contributed by atoms with van der Waals surface area (Å²) in [5, 5.41) is 0. The van der Waals surface area contributed by atoms with Crippen molar-refractivity contribution in [1.29, 1.82) is 0 Å². The monoisotopic (exact) mass is 365 g/mol. The maximum atomic E-state index is 13.0. The first-order valence-corrected chi connectivity index (χ1v) is 8.95. The number of hydrogen-bond acceptors (Lipinski definition) is 3. The van der Waals surface area contributed by atoms with Gasteiger partial charge in [-0.25, -0.2) is 0 Å². The van der Waals surface area contributed by atoms with Gasteiger partial charge in [0.05, 0.1) is 5.54 Å². The van der Waals surface area contributed by atoms with Gasteiger partial charge < -0.3 is 15.5 Å². The SMILES string of the molecule is CN(C(=O)C1(N)CCCCC1)C1CCCN(c2ccccc2)C1=O.Cl. The molecule has 0 aromatic heterocycles. The van der Waals surface area contributed by atoms with E-state index in [0.717, 1.165) is 44.2 Å². The minimum absolute atomic E-state index is 0. The van der Waals surface area contributed by atoms with E-state index in [2.05, 4.69) is 0 Å². The Bertz CT molecular complexity index is 602. The lowest BCUT2D eigenvalue weighted by Crippen LogP contribution is -2.61. The first kappa shape index (κ1) is 19.7. The van der Waals surface area contributed by atoms with Crippen LogP contribution in [0.15, 0.2) is 30.3 Å². The number of likely N-dealkylation sites (N-methyl/N-ethyl adjacent to an activating group) is 1. The number of para-hydroxylation sites is 1. The number of anilines is 1. The van der Waals surface area contributed by atoms with Gasteiger partial charge in [-0.3, -0.25) is 9.59 Å². The average Bonchev–Trinajstić information content (AvgIpc) is 2.62. The Morgan fingerprint density at radius 1 is 1.16 bits per heavy atom. The first-order chi connectivity index (χ1) is 11.5. The fourth-order valence-electron chi connectivity index (χ4n) is 3.97. The molecule has 1 heterocycles. The molecular formula is C19H28ClN3O2. The van der Waals surface area contributed by atoms with Gasteiger partial charge in [-0.2, -0.15) is 0 Å². The number of nitrogens with two attached hydrogens (primary N) is 1. The van der Waals surface area contributed by atoms with Crippen LogP contribution in [-0.4, -0.2) is 41.9 Å². The number of benzene rings is 1. The maximum absolute atomic E-state index is 13.0. The van der Waals surface area contributed by atoms with Crippen molar-refractivity contribution in [3.8, 4) is 0 Å². The van der Waals surface area contributed by atoms with Crippen molar-refractivity contribution in [2.24, 2.45) is 5.73 Å². The number of carbonyl (C=O) groups is 2. The molecule has 1 atom stereocenters. The Labute approximate surface area is 155 Å². The molecule has 1 unspecified atom stereocenters. The summed E-state index contributed by atoms with van der Waals surface area (Å²) in [5.74, 6) is -0.0711. The molecule has 0 radical (unpaired) electrons. The van der Waals surface area contributed by atoms with E-state index in [4.69, 9.17) is 5.73 Å². The highest BCUT2D eigenvalue weighted by Gasteiger charge is 2.42. The summed E-state index contributed by atoms with van der Waals surface area (Å²) in [5.41, 5.74) is 6.49. The van der Waals surface area contributed by atoms with Crippen molar-refractivity contribution in [2.45, 2.75) is 56.5 Å². The second-order valence-corrected chi connectivity index (χ2v) is 7.12. The number of halogens is 1. The third kappa shape index (κ3) is 3.98. The van der Waals surface area contributed by atoms with Gasteiger partial charge in [-0.15, -0.1) is 12.4 Å². The largest absolute Gasteiger partial charge is 0.332 e. The van der Waals surface area contributed by atoms with Crippen molar-refractivity contribution >= 4 is 29.9 Å². The molecule has 0 bridgehead atoms. The van der Waals surface area contributed by atoms with E-state index in [1.165, 1.54) is 0 Å². The molecule has 1 aromatic carbocycles. The molecule has 1 aromatic rings. The molecule has 2 aliphatic rings. The van der Waals surface area contributed by atoms with Gasteiger partial charge >= 0.3 is 0 Å². The fourth-order valence-corrected chi connectivity index (χ4v) is 3.97. The van der Waals surface area contributed by atoms with Gasteiger partial charge in [0.2, 0.25) is 11.8 Å². The van der Waals surface area contributed by atoms with Gasteiger partial charge in [0.15, 0.2) is 0 Å². The molecule has 3 rings (SSSR count). The van der Waals surface area contributed by atoms with Crippen LogP contribution in [0.4, 0.5) is 5.69 Å². The number of carbonyl (C=O) groups excluding carboxylic acids is 2. The fraction of sp³-hybridized carbons (Fsp3) is 0.579. The van der Waals surface area contributed by atoms with Crippen molar-refractivity contribution < 1.29 is 9.59 Å². The lowest BCUT2D eigenvalue weighted by atomic mass is 9.81. The molecule has 1 saturated heterocycles. The smallest absolute Gasteiger partial charge is 0.249 e. The Hall–Kier alpha value is -1.59. The summed E-state index contributed by atoms with van der Waals surface area (Å²) in [6.45, 7) is 0.704. The molecule has 2 amide bonds. The third-order valence-electron chi connectivity index (χ3n) is 5.44. The Morgan fingerprint density at radius 2 is 1.80 bits per heavy atom. The van der Waals surface area contributed by atoms with Crippen LogP contribution in [-0.2, 0) is 9.59 Å². The van der Waals surface area contributed by atoms with Gasteiger partial charge in [0, 0.05) is 19.3 Å². The molecule has 6 heteroatoms. The van der Waals surface area contributed by atoms with E-state index in [1.807, 2.05) is 30.3 Å². The van der Waals surface area contributed by atoms with Crippen molar-refractivity contribution in [1.82, 2.24) is 4.90 Å². The molecule has 1 aliphatic carbocycles. The average molecular weight is 366 g/mol. The summed E-state index contributed by atoms with van der Waals surface area (Å²) in [6, 6.07) is 9.26. The number of nitrogens with zero attached hydrogens (tertiary/aromatic N) is 2. The zero-order chi connectivity index (χ0) is 17.2. The van der Waals surface area contributed by atoms with Gasteiger partial charge in [-0.1, -0.05) is 37.5 Å². The Morgan fingerprint density at radius 3 is 2.44 bits per heavy atom. The molecular weight excluding hydrogens is 338 g/mol. The van der Waals surface area contributed by atoms with Crippen molar-refractivity contribution in [2.75, 3.05) is 18.5 Å². The third-order valence-corrected chi connectivity index (χ3v) is 5.44. The lowest BCUT2D eigenvalue weighted by Gasteiger charge is -2.41. The minimum atomic E-state index is -0.789. The van der Waals surface area contributed by atoms with Crippen LogP contribution >= 0.6 is 12.4 Å². The van der Waals surface area contributed by atoms with Crippen molar-refractivity contribution in [3.63, 3.8) is 0 Å². The minimum Gasteiger partial charge on any atom is -0.332 e. The maximum Gasteiger partial charge on any atom is 0.249 e. The second kappa shape index (κ2) is 8.19. The Balaban J connectivity index is 0.00000225. The molecule has 2 fully saturated rings. The van der Waals surface area contributed by atoms with E-state index >= 15 is 0 Å². The molecule has 1 aliphatic heterocycles. The normalized spacial score (nSPS) is 22.9. The summed E-state index contributed by atoms with van der Waals surface area (Å²) in [7, 11) is 1.74. The lowest BCUT2D eigenvalue weighted by molar-refractivity contribution is -0.144. The number of piperidine rings is 1. The number of hydrogen-bond donors (Lipinski definition) is 1. The summed E-state index contributed by atoms with van der Waals surface area (Å²) in [6.07, 6.45) is 6.16. The van der Waals surface area contributed by atoms with Crippen LogP contribution in [0.2, 0.25) is 0 Å². The summed E-state index contributed by atoms with van der Waals surface area (Å²) in [4.78, 5) is 29.3. The molecule has 0 spiro atoms. The molecule has 1 saturated carbocycles. The van der Waals surface area contributed by atoms with E-state index < -0.39 is 11.6 Å². The number of amides is 2. The quantitative estimate of drug-likeness (QED) is 0.895. The molecule has 5 nitrogen and oxygen atoms in total. The second-order valence-electron chi connectivity index (χ2n) is 7.12. The number of rotatable bonds is 3. The van der Waals surface area contributed by atoms with Crippen LogP contribution in [0.5, 0.6) is 0 Å². The van der Waals surface area contributed by atoms with Crippen LogP contribution in [0.1, 0.15) is 44.9 Å². The highest BCUT2D eigenvalue weighted by Crippen LogP contribution is 2.30. The predicted molar refractivity (Wildman–Crippen MR) is 102 cm³/mol. The predicted octanol–water partition coefficient (Wildman–Crippen LogP) is 2.72. The van der Waals surface area contributed by atoms with E-state index in [-0.39, 0.29) is 24.2 Å². The molecule has 138 valence electrons. The highest BCUT2D eigenvalue weighted by molar-refractivity contribution is 6.00. The van der Waals surface area contributed by atoms with Crippen LogP contribution < -0.4 is 10.6 Å². The zero-order valence-electron chi connectivity index (χ0n) is 14.8. The van der Waals surface area contributed by atoms with E-state index in [9.17, 15) is 9.59 Å². The first-order valence-electron chi connectivity index (χ1n) is 8.95. The van der Waals surface area contributed by atoms with Gasteiger partial charge in [-0.05, 0) is 37.8 Å². The van der Waals surface area contributed by atoms with E-state index in [0.29, 0.717) is 13.0 Å². The zero-order valence-corrected chi connectivity index (χ0v) is 15.6. The Kier molecular flexibility index (Phi) is 6.47. The van der Waals surface area contributed by atoms with Crippen LogP contribution in [0.25, 0.3) is 0 Å². The van der Waals surface area contributed by atoms with Crippen LogP contribution in [0.3, 0.4) is 0 Å². The molecule has 25 heavy (non-hydrogen) atoms. The highest BCUT2D eigenvalue weighted by atomic mass is 35.5. The summed E-state index contributed by atoms with van der Waals surface area (Å²) >= 11 is 0. The standard InChI is InChI=1S/C19H27N3O2.ClH/c1-21(18(24)19(20)12-6-3-7-13-19)16-11-8-14-22(17(16)23)15-9-4-2-5-10-15;/h2,4-5,9-10,16H,3,6-8,11-14,20H2,1H3;1H. The van der Waals surface area contributed by atoms with Crippen LogP contribution in [0, 0.1) is 0 Å². The molecule has 2 N–H and O–H groups in total. The van der Waals surface area contributed by atoms with Crippen molar-refractivity contribution in [3.05, 3.63) is 30.3 Å². The topological polar surface area (TPSA) is 66.6 Å². The summed E-state index contributed by atoms with van der Waals surface area (Å²) < 4.78 is 0. The van der Waals surface area contributed by atoms with E-state index in [1.54, 1.807) is 16.8 Å². The van der Waals surface area contributed by atoms with Gasteiger partial charge in [0.1, 0.15) is 6.04 Å². The van der Waals surface area contributed by atoms with Gasteiger partial charge in [0.25, 0.3) is 0 Å².